The second-order valence-electron chi connectivity index (χ2n) is 5.36. The molecule has 1 atom stereocenters. The van der Waals surface area contributed by atoms with Crippen molar-refractivity contribution in [3.8, 4) is 11.8 Å². The van der Waals surface area contributed by atoms with E-state index in [1.54, 1.807) is 30.3 Å². The predicted molar refractivity (Wildman–Crippen MR) is 95.6 cm³/mol. The van der Waals surface area contributed by atoms with Crippen LogP contribution in [0.1, 0.15) is 23.7 Å². The minimum atomic E-state index is -0.591. The second-order valence-corrected chi connectivity index (χ2v) is 5.36. The van der Waals surface area contributed by atoms with E-state index in [1.165, 1.54) is 6.08 Å². The lowest BCUT2D eigenvalue weighted by Crippen LogP contribution is -2.23. The van der Waals surface area contributed by atoms with Gasteiger partial charge in [-0.1, -0.05) is 42.5 Å². The van der Waals surface area contributed by atoms with Crippen molar-refractivity contribution in [2.24, 2.45) is 0 Å². The van der Waals surface area contributed by atoms with Crippen molar-refractivity contribution in [2.75, 3.05) is 13.2 Å². The molecule has 2 rings (SSSR count). The highest BCUT2D eigenvalue weighted by molar-refractivity contribution is 5.91. The van der Waals surface area contributed by atoms with Crippen molar-refractivity contribution < 1.29 is 14.6 Å². The Morgan fingerprint density at radius 1 is 1.20 bits per heavy atom. The number of carbonyl (C=O) groups is 1. The van der Waals surface area contributed by atoms with Crippen LogP contribution >= 0.6 is 0 Å². The number of nitriles is 1. The smallest absolute Gasteiger partial charge is 0.244 e. The zero-order chi connectivity index (χ0) is 17.9. The van der Waals surface area contributed by atoms with Crippen molar-refractivity contribution >= 4 is 12.0 Å². The third kappa shape index (κ3) is 6.50. The minimum absolute atomic E-state index is 0.00637. The average Bonchev–Trinajstić information content (AvgIpc) is 2.66. The van der Waals surface area contributed by atoms with E-state index < -0.39 is 6.10 Å². The highest BCUT2D eigenvalue weighted by Crippen LogP contribution is 2.15. The van der Waals surface area contributed by atoms with Crippen LogP contribution in [-0.4, -0.2) is 24.2 Å². The van der Waals surface area contributed by atoms with Gasteiger partial charge in [0.1, 0.15) is 11.8 Å². The van der Waals surface area contributed by atoms with Crippen LogP contribution < -0.4 is 10.1 Å². The lowest BCUT2D eigenvalue weighted by atomic mass is 10.1. The van der Waals surface area contributed by atoms with Gasteiger partial charge in [0.05, 0.1) is 6.10 Å². The zero-order valence-corrected chi connectivity index (χ0v) is 13.8. The number of aliphatic hydroxyl groups excluding tert-OH is 1. The van der Waals surface area contributed by atoms with Crippen LogP contribution in [0.5, 0.6) is 5.75 Å². The van der Waals surface area contributed by atoms with Crippen molar-refractivity contribution in [1.82, 2.24) is 5.32 Å². The number of hydrogen-bond acceptors (Lipinski definition) is 4. The maximum Gasteiger partial charge on any atom is 0.244 e. The summed E-state index contributed by atoms with van der Waals surface area (Å²) in [5.74, 6) is 0.392. The van der Waals surface area contributed by atoms with E-state index in [2.05, 4.69) is 5.32 Å². The summed E-state index contributed by atoms with van der Waals surface area (Å²) in [6, 6.07) is 18.3. The third-order valence-electron chi connectivity index (χ3n) is 3.51. The van der Waals surface area contributed by atoms with E-state index in [4.69, 9.17) is 10.00 Å². The van der Waals surface area contributed by atoms with Crippen LogP contribution in [0.2, 0.25) is 0 Å². The van der Waals surface area contributed by atoms with Crippen molar-refractivity contribution in [1.29, 1.82) is 5.26 Å². The van der Waals surface area contributed by atoms with Gasteiger partial charge < -0.3 is 15.2 Å². The van der Waals surface area contributed by atoms with Crippen molar-refractivity contribution in [2.45, 2.75) is 12.5 Å². The molecule has 0 spiro atoms. The Morgan fingerprint density at radius 3 is 2.60 bits per heavy atom. The van der Waals surface area contributed by atoms with E-state index in [-0.39, 0.29) is 12.5 Å². The summed E-state index contributed by atoms with van der Waals surface area (Å²) < 4.78 is 5.16. The number of benzene rings is 2. The van der Waals surface area contributed by atoms with E-state index in [1.807, 2.05) is 36.4 Å². The molecule has 25 heavy (non-hydrogen) atoms. The van der Waals surface area contributed by atoms with Gasteiger partial charge in [-0.25, -0.2) is 0 Å². The maximum atomic E-state index is 11.8. The molecule has 0 bridgehead atoms. The molecule has 0 fully saturated rings. The Bertz CT molecular complexity index is 734. The fourth-order valence-corrected chi connectivity index (χ4v) is 2.20. The molecule has 2 aromatic carbocycles. The second kappa shape index (κ2) is 9.91. The topological polar surface area (TPSA) is 82.3 Å². The average molecular weight is 336 g/mol. The Morgan fingerprint density at radius 2 is 1.92 bits per heavy atom. The van der Waals surface area contributed by atoms with E-state index in [9.17, 15) is 9.90 Å². The van der Waals surface area contributed by atoms with Gasteiger partial charge in [0, 0.05) is 12.6 Å². The summed E-state index contributed by atoms with van der Waals surface area (Å²) in [5.41, 5.74) is 1.69. The molecule has 5 heteroatoms. The number of nitrogens with zero attached hydrogens (tertiary/aromatic N) is 1. The molecular weight excluding hydrogens is 316 g/mol. The lowest BCUT2D eigenvalue weighted by molar-refractivity contribution is -0.116. The Hall–Kier alpha value is -3.10. The first-order valence-corrected chi connectivity index (χ1v) is 7.98. The van der Waals surface area contributed by atoms with Crippen LogP contribution in [0.25, 0.3) is 6.08 Å². The van der Waals surface area contributed by atoms with Crippen LogP contribution in [0.4, 0.5) is 0 Å². The first-order valence-electron chi connectivity index (χ1n) is 7.98. The minimum Gasteiger partial charge on any atom is -0.479 e. The standard InChI is InChI=1S/C20H20N2O3/c21-13-15-25-18-9-6-16(7-10-18)8-11-20(24)22-14-12-19(23)17-4-2-1-3-5-17/h1-11,19,23H,12,14-15H2,(H,22,24). The van der Waals surface area contributed by atoms with E-state index in [0.29, 0.717) is 18.7 Å². The molecule has 0 saturated carbocycles. The van der Waals surface area contributed by atoms with Crippen LogP contribution in [0, 0.1) is 11.3 Å². The van der Waals surface area contributed by atoms with E-state index >= 15 is 0 Å². The van der Waals surface area contributed by atoms with Gasteiger partial charge in [-0.15, -0.1) is 0 Å². The number of carbonyl (C=O) groups excluding carboxylic acids is 1. The van der Waals surface area contributed by atoms with Gasteiger partial charge in [0.2, 0.25) is 5.91 Å². The molecule has 128 valence electrons. The highest BCUT2D eigenvalue weighted by Gasteiger charge is 2.06. The van der Waals surface area contributed by atoms with Crippen LogP contribution in [0.15, 0.2) is 60.7 Å². The number of amides is 1. The first kappa shape index (κ1) is 18.2. The summed E-state index contributed by atoms with van der Waals surface area (Å²) in [6.07, 6.45) is 3.00. The van der Waals surface area contributed by atoms with Crippen molar-refractivity contribution in [3.05, 3.63) is 71.8 Å². The SMILES string of the molecule is N#CCOc1ccc(C=CC(=O)NCCC(O)c2ccccc2)cc1. The predicted octanol–water partition coefficient (Wildman–Crippen LogP) is 2.84. The molecule has 1 amide bonds. The number of ether oxygens (including phenoxy) is 1. The largest absolute Gasteiger partial charge is 0.479 e. The highest BCUT2D eigenvalue weighted by atomic mass is 16.5. The van der Waals surface area contributed by atoms with Gasteiger partial charge in [-0.2, -0.15) is 5.26 Å². The summed E-state index contributed by atoms with van der Waals surface area (Å²) in [7, 11) is 0. The monoisotopic (exact) mass is 336 g/mol. The summed E-state index contributed by atoms with van der Waals surface area (Å²) in [6.45, 7) is 0.395. The molecule has 0 saturated heterocycles. The number of rotatable bonds is 8. The van der Waals surface area contributed by atoms with Gasteiger partial charge in [-0.05, 0) is 35.8 Å². The molecule has 0 aliphatic carbocycles. The summed E-state index contributed by atoms with van der Waals surface area (Å²) in [5, 5.41) is 21.2. The van der Waals surface area contributed by atoms with E-state index in [0.717, 1.165) is 11.1 Å². The summed E-state index contributed by atoms with van der Waals surface area (Å²) >= 11 is 0. The molecule has 0 radical (unpaired) electrons. The Labute approximate surface area is 147 Å². The number of hydrogen-bond donors (Lipinski definition) is 2. The third-order valence-corrected chi connectivity index (χ3v) is 3.51. The molecule has 0 aliphatic heterocycles. The molecule has 2 N–H and O–H groups in total. The van der Waals surface area contributed by atoms with Gasteiger partial charge in [0.25, 0.3) is 0 Å². The number of aliphatic hydroxyl groups is 1. The molecule has 0 heterocycles. The normalized spacial score (nSPS) is 11.7. The van der Waals surface area contributed by atoms with Crippen LogP contribution in [0.3, 0.4) is 0 Å². The molecule has 1 unspecified atom stereocenters. The fourth-order valence-electron chi connectivity index (χ4n) is 2.20. The van der Waals surface area contributed by atoms with Crippen molar-refractivity contribution in [3.63, 3.8) is 0 Å². The van der Waals surface area contributed by atoms with Crippen LogP contribution in [-0.2, 0) is 4.79 Å². The molecule has 5 nitrogen and oxygen atoms in total. The van der Waals surface area contributed by atoms with Gasteiger partial charge in [0.15, 0.2) is 6.61 Å². The molecule has 0 aromatic heterocycles. The lowest BCUT2D eigenvalue weighted by Gasteiger charge is -2.10. The molecular formula is C20H20N2O3. The molecule has 2 aromatic rings. The summed E-state index contributed by atoms with van der Waals surface area (Å²) in [4.78, 5) is 11.8. The quantitative estimate of drug-likeness (QED) is 0.726. The molecule has 0 aliphatic rings. The van der Waals surface area contributed by atoms with Gasteiger partial charge >= 0.3 is 0 Å². The Balaban J connectivity index is 1.74. The maximum absolute atomic E-state index is 11.8. The first-order chi connectivity index (χ1) is 12.2. The van der Waals surface area contributed by atoms with Gasteiger partial charge in [-0.3, -0.25) is 4.79 Å². The Kier molecular flexibility index (Phi) is 7.23. The fraction of sp³-hybridized carbons (Fsp3) is 0.200. The number of nitrogens with one attached hydrogen (secondary N) is 1. The zero-order valence-electron chi connectivity index (χ0n) is 13.8.